The van der Waals surface area contributed by atoms with Gasteiger partial charge in [-0.15, -0.1) is 0 Å². The molecule has 1 fully saturated rings. The number of likely N-dealkylation sites (tertiary alicyclic amines) is 1. The van der Waals surface area contributed by atoms with Crippen LogP contribution in [0.1, 0.15) is 85.1 Å². The third-order valence-corrected chi connectivity index (χ3v) is 11.1. The molecule has 72 heavy (non-hydrogen) atoms. The van der Waals surface area contributed by atoms with Crippen molar-refractivity contribution in [1.29, 1.82) is 0 Å². The van der Waals surface area contributed by atoms with E-state index in [1.54, 1.807) is 13.8 Å². The van der Waals surface area contributed by atoms with Crippen LogP contribution in [-0.4, -0.2) is 169 Å². The Morgan fingerprint density at radius 1 is 0.625 bits per heavy atom. The molecular formula is C44H68N12O16. The van der Waals surface area contributed by atoms with Gasteiger partial charge in [-0.05, 0) is 70.1 Å². The van der Waals surface area contributed by atoms with Crippen molar-refractivity contribution in [3.8, 4) is 5.75 Å². The Labute approximate surface area is 413 Å². The number of carbonyl (C=O) groups excluding carboxylic acids is 11. The van der Waals surface area contributed by atoms with Crippen molar-refractivity contribution in [2.75, 3.05) is 6.54 Å². The van der Waals surface area contributed by atoms with Gasteiger partial charge in [0.25, 0.3) is 0 Å². The summed E-state index contributed by atoms with van der Waals surface area (Å²) >= 11 is 0. The lowest BCUT2D eigenvalue weighted by Gasteiger charge is -2.30. The van der Waals surface area contributed by atoms with E-state index in [1.165, 1.54) is 31.2 Å². The molecular weight excluding hydrogens is 953 g/mol. The largest absolute Gasteiger partial charge is 0.508 e. The molecule has 28 nitrogen and oxygen atoms in total. The van der Waals surface area contributed by atoms with Crippen molar-refractivity contribution in [3.05, 3.63) is 29.8 Å². The summed E-state index contributed by atoms with van der Waals surface area (Å²) in [5, 5.41) is 55.9. The van der Waals surface area contributed by atoms with Crippen LogP contribution in [0.2, 0.25) is 0 Å². The van der Waals surface area contributed by atoms with E-state index in [0.29, 0.717) is 12.0 Å². The Morgan fingerprint density at radius 2 is 1.11 bits per heavy atom. The molecule has 0 aliphatic carbocycles. The van der Waals surface area contributed by atoms with Gasteiger partial charge in [0.1, 0.15) is 48.0 Å². The first-order valence-corrected chi connectivity index (χ1v) is 22.9. The summed E-state index contributed by atoms with van der Waals surface area (Å²) in [4.78, 5) is 156. The summed E-state index contributed by atoms with van der Waals surface area (Å²) in [7, 11) is 0. The molecule has 1 aliphatic rings. The molecule has 1 saturated heterocycles. The van der Waals surface area contributed by atoms with Crippen LogP contribution in [0, 0.1) is 5.92 Å². The van der Waals surface area contributed by atoms with E-state index in [2.05, 4.69) is 37.2 Å². The molecule has 11 atom stereocenters. The monoisotopic (exact) mass is 1020 g/mol. The minimum atomic E-state index is -1.90. The summed E-state index contributed by atoms with van der Waals surface area (Å²) in [6, 6.07) is -8.81. The number of rotatable bonds is 29. The highest BCUT2D eigenvalue weighted by Gasteiger charge is 2.40. The highest BCUT2D eigenvalue weighted by molar-refractivity contribution is 6.00. The van der Waals surface area contributed by atoms with Crippen LogP contribution in [0.5, 0.6) is 5.75 Å². The lowest BCUT2D eigenvalue weighted by atomic mass is 10.0. The first kappa shape index (κ1) is 60.7. The summed E-state index contributed by atoms with van der Waals surface area (Å²) in [6.45, 7) is 7.04. The minimum Gasteiger partial charge on any atom is -0.508 e. The molecule has 19 N–H and O–H groups in total. The molecule has 11 amide bonds. The Hall–Kier alpha value is -7.46. The molecule has 0 spiro atoms. The molecule has 1 heterocycles. The third-order valence-electron chi connectivity index (χ3n) is 11.1. The van der Waals surface area contributed by atoms with Gasteiger partial charge < -0.3 is 85.5 Å². The highest BCUT2D eigenvalue weighted by Crippen LogP contribution is 2.20. The zero-order valence-corrected chi connectivity index (χ0v) is 40.5. The van der Waals surface area contributed by atoms with Crippen LogP contribution in [0.25, 0.3) is 0 Å². The summed E-state index contributed by atoms with van der Waals surface area (Å²) in [5.41, 5.74) is 22.0. The second-order valence-electron chi connectivity index (χ2n) is 17.9. The lowest BCUT2D eigenvalue weighted by Crippen LogP contribution is -2.62. The van der Waals surface area contributed by atoms with E-state index in [0.717, 1.165) is 18.7 Å². The maximum atomic E-state index is 14.0. The Bertz CT molecular complexity index is 2160. The number of aliphatic hydroxyl groups excluding tert-OH is 2. The number of nitrogens with one attached hydrogen (secondary N) is 7. The molecule has 400 valence electrons. The first-order chi connectivity index (χ1) is 33.5. The molecule has 28 heteroatoms. The summed E-state index contributed by atoms with van der Waals surface area (Å²) < 4.78 is 0. The van der Waals surface area contributed by atoms with Gasteiger partial charge in [0.15, 0.2) is 6.04 Å². The zero-order chi connectivity index (χ0) is 54.7. The van der Waals surface area contributed by atoms with Gasteiger partial charge >= 0.3 is 5.97 Å². The number of carbonyl (C=O) groups is 12. The average Bonchev–Trinajstić information content (AvgIpc) is 3.78. The van der Waals surface area contributed by atoms with E-state index in [9.17, 15) is 78.0 Å². The maximum Gasteiger partial charge on any atom is 0.328 e. The summed E-state index contributed by atoms with van der Waals surface area (Å²) in [6.07, 6.45) is -5.28. The Morgan fingerprint density at radius 3 is 1.61 bits per heavy atom. The Kier molecular flexibility index (Phi) is 23.9. The van der Waals surface area contributed by atoms with Crippen molar-refractivity contribution >= 4 is 70.9 Å². The predicted molar refractivity (Wildman–Crippen MR) is 250 cm³/mol. The normalized spacial score (nSPS) is 17.4. The molecule has 1 aromatic carbocycles. The number of hydrogen-bond acceptors (Lipinski definition) is 16. The predicted octanol–water partition coefficient (Wildman–Crippen LogP) is -6.42. The van der Waals surface area contributed by atoms with E-state index >= 15 is 0 Å². The molecule has 0 saturated carbocycles. The number of amides is 11. The fourth-order valence-electron chi connectivity index (χ4n) is 7.34. The number of carboxylic acids is 1. The number of aliphatic hydroxyl groups is 2. The number of phenolic OH excluding ortho intramolecular Hbond substituents is 1. The van der Waals surface area contributed by atoms with Crippen LogP contribution in [0.4, 0.5) is 0 Å². The molecule has 1 aromatic rings. The number of nitrogens with zero attached hydrogens (tertiary/aromatic N) is 1. The van der Waals surface area contributed by atoms with Gasteiger partial charge in [0, 0.05) is 19.4 Å². The number of benzene rings is 1. The fourth-order valence-corrected chi connectivity index (χ4v) is 7.34. The van der Waals surface area contributed by atoms with E-state index in [4.69, 9.17) is 22.9 Å². The van der Waals surface area contributed by atoms with Crippen molar-refractivity contribution in [1.82, 2.24) is 42.1 Å². The van der Waals surface area contributed by atoms with E-state index in [1.807, 2.05) is 0 Å². The van der Waals surface area contributed by atoms with Gasteiger partial charge in [0.2, 0.25) is 65.0 Å². The molecule has 0 bridgehead atoms. The van der Waals surface area contributed by atoms with Crippen molar-refractivity contribution in [2.45, 2.75) is 153 Å². The number of phenols is 1. The number of aliphatic carboxylic acids is 1. The molecule has 0 radical (unpaired) electrons. The van der Waals surface area contributed by atoms with Gasteiger partial charge in [-0.3, -0.25) is 52.7 Å². The van der Waals surface area contributed by atoms with Crippen LogP contribution in [-0.2, 0) is 64.0 Å². The quantitative estimate of drug-likeness (QED) is 0.0355. The average molecular weight is 1020 g/mol. The summed E-state index contributed by atoms with van der Waals surface area (Å²) in [5.74, 6) is -13.0. The maximum absolute atomic E-state index is 14.0. The second-order valence-corrected chi connectivity index (χ2v) is 17.9. The second kappa shape index (κ2) is 28.4. The number of hydrogen-bond donors (Lipinski definition) is 15. The number of nitrogens with two attached hydrogens (primary N) is 4. The van der Waals surface area contributed by atoms with Crippen LogP contribution in [0.3, 0.4) is 0 Å². The van der Waals surface area contributed by atoms with Crippen molar-refractivity contribution in [3.63, 3.8) is 0 Å². The Balaban J connectivity index is 2.32. The highest BCUT2D eigenvalue weighted by atomic mass is 16.4. The smallest absolute Gasteiger partial charge is 0.328 e. The SMILES string of the molecule is CC(C)C[C@H](NC(=O)[C@@H]1CCCN1C(=O)[C@H](C)NC(=O)[C@@H](NC(=O)[C@H](CC(N)=O)NC(=O)[C@H](Cc1ccc(O)cc1)NC(=O)[C@H](CC(N)=O)NC(=O)[C@@H](N)CCC(N)=O)[C@@H](C)O)C(=O)N[C@H](C(=O)O)[C@@H](C)O. The van der Waals surface area contributed by atoms with Gasteiger partial charge in [-0.2, -0.15) is 0 Å². The van der Waals surface area contributed by atoms with E-state index < -0.39 is 150 Å². The van der Waals surface area contributed by atoms with E-state index in [-0.39, 0.29) is 50.3 Å². The van der Waals surface area contributed by atoms with Crippen molar-refractivity contribution < 1.29 is 78.0 Å². The van der Waals surface area contributed by atoms with Crippen molar-refractivity contribution in [2.24, 2.45) is 28.9 Å². The van der Waals surface area contributed by atoms with Crippen LogP contribution in [0.15, 0.2) is 24.3 Å². The molecule has 0 unspecified atom stereocenters. The first-order valence-electron chi connectivity index (χ1n) is 22.9. The molecule has 2 rings (SSSR count). The van der Waals surface area contributed by atoms with Gasteiger partial charge in [-0.1, -0.05) is 26.0 Å². The van der Waals surface area contributed by atoms with Gasteiger partial charge in [-0.25, -0.2) is 4.79 Å². The lowest BCUT2D eigenvalue weighted by molar-refractivity contribution is -0.145. The topological polar surface area (TPSA) is 477 Å². The number of carboxylic acid groups (broad SMARTS) is 1. The van der Waals surface area contributed by atoms with Crippen LogP contribution >= 0.6 is 0 Å². The van der Waals surface area contributed by atoms with Gasteiger partial charge in [0.05, 0.1) is 31.1 Å². The number of aromatic hydroxyl groups is 1. The standard InChI is InChI=1S/C44H68N12O16/c1-19(2)15-26(39(66)55-35(22(5)58)44(71)72)53-41(68)30-7-6-14-56(30)43(70)20(3)49-42(69)34(21(4)57)54-40(67)29(18-33(48)62)52-37(64)27(16-23-8-10-24(59)11-9-23)51-38(65)28(17-32(47)61)50-36(63)25(45)12-13-31(46)60/h8-11,19-22,25-30,34-35,57-59H,6-7,12-18,45H2,1-5H3,(H2,46,60)(H2,47,61)(H2,48,62)(H,49,69)(H,50,63)(H,51,65)(H,52,64)(H,53,68)(H,54,67)(H,55,66)(H,71,72)/t20-,21+,22+,25-,26-,27-,28-,29-,30-,34-,35-/m0/s1. The van der Waals surface area contributed by atoms with Crippen LogP contribution < -0.4 is 60.2 Å². The molecule has 1 aliphatic heterocycles. The minimum absolute atomic E-state index is 0.0353. The molecule has 0 aromatic heterocycles. The fraction of sp³-hybridized carbons (Fsp3) is 0.591. The zero-order valence-electron chi connectivity index (χ0n) is 40.5. The third kappa shape index (κ3) is 19.7. The number of primary amides is 3.